The molecule has 3 nitrogen and oxygen atoms in total. The van der Waals surface area contributed by atoms with Crippen LogP contribution in [-0.2, 0) is 0 Å². The lowest BCUT2D eigenvalue weighted by atomic mass is 9.79. The minimum absolute atomic E-state index is 0.277. The molecule has 14 heavy (non-hydrogen) atoms. The van der Waals surface area contributed by atoms with Crippen molar-refractivity contribution in [2.75, 3.05) is 7.11 Å². The lowest BCUT2D eigenvalue weighted by Gasteiger charge is -2.33. The Morgan fingerprint density at radius 1 is 1.64 bits per heavy atom. The molecule has 4 heteroatoms. The van der Waals surface area contributed by atoms with Gasteiger partial charge in [0.15, 0.2) is 0 Å². The maximum Gasteiger partial charge on any atom is 0.134 e. The molecule has 0 radical (unpaired) electrons. The largest absolute Gasteiger partial charge is 0.496 e. The summed E-state index contributed by atoms with van der Waals surface area (Å²) >= 11 is 1.72. The second kappa shape index (κ2) is 4.29. The van der Waals surface area contributed by atoms with Crippen LogP contribution >= 0.6 is 11.3 Å². The fraction of sp³-hybridized carbons (Fsp3) is 0.600. The van der Waals surface area contributed by atoms with E-state index in [0.29, 0.717) is 5.92 Å². The Kier molecular flexibility index (Phi) is 3.05. The van der Waals surface area contributed by atoms with E-state index >= 15 is 0 Å². The molecular formula is C10H16N2OS. The van der Waals surface area contributed by atoms with Gasteiger partial charge in [0.2, 0.25) is 0 Å². The molecule has 1 atom stereocenters. The molecule has 1 heterocycles. The fourth-order valence-electron chi connectivity index (χ4n) is 1.90. The van der Waals surface area contributed by atoms with Crippen molar-refractivity contribution in [2.24, 2.45) is 11.8 Å². The predicted octanol–water partition coefficient (Wildman–Crippen LogP) is 2.06. The lowest BCUT2D eigenvalue weighted by Crippen LogP contribution is -2.36. The molecule has 1 aliphatic rings. The number of thiophene rings is 1. The summed E-state index contributed by atoms with van der Waals surface area (Å²) in [6, 6.07) is 2.28. The first kappa shape index (κ1) is 9.96. The van der Waals surface area contributed by atoms with Crippen LogP contribution in [0.1, 0.15) is 30.2 Å². The van der Waals surface area contributed by atoms with Crippen LogP contribution in [-0.4, -0.2) is 7.11 Å². The van der Waals surface area contributed by atoms with Gasteiger partial charge in [-0.3, -0.25) is 11.3 Å². The molecule has 0 spiro atoms. The summed E-state index contributed by atoms with van der Waals surface area (Å²) < 4.78 is 5.30. The van der Waals surface area contributed by atoms with E-state index in [-0.39, 0.29) is 6.04 Å². The van der Waals surface area contributed by atoms with Gasteiger partial charge in [0.1, 0.15) is 5.75 Å². The molecule has 0 aromatic carbocycles. The quantitative estimate of drug-likeness (QED) is 0.593. The molecule has 0 bridgehead atoms. The monoisotopic (exact) mass is 212 g/mol. The number of hydrazine groups is 1. The van der Waals surface area contributed by atoms with Crippen LogP contribution < -0.4 is 16.0 Å². The van der Waals surface area contributed by atoms with Gasteiger partial charge in [-0.05, 0) is 30.2 Å². The van der Waals surface area contributed by atoms with Crippen LogP contribution in [0, 0.1) is 5.92 Å². The van der Waals surface area contributed by atoms with Crippen molar-refractivity contribution in [2.45, 2.75) is 25.3 Å². The number of hydrogen-bond acceptors (Lipinski definition) is 4. The molecule has 0 amide bonds. The summed E-state index contributed by atoms with van der Waals surface area (Å²) in [5, 5.41) is 2.05. The van der Waals surface area contributed by atoms with Crippen molar-refractivity contribution in [1.29, 1.82) is 0 Å². The normalized spacial score (nSPS) is 19.0. The highest BCUT2D eigenvalue weighted by atomic mass is 32.1. The Balaban J connectivity index is 2.17. The first-order chi connectivity index (χ1) is 6.86. The van der Waals surface area contributed by atoms with E-state index < -0.39 is 0 Å². The van der Waals surface area contributed by atoms with Crippen LogP contribution in [0.5, 0.6) is 5.75 Å². The van der Waals surface area contributed by atoms with Gasteiger partial charge in [-0.15, -0.1) is 11.3 Å². The van der Waals surface area contributed by atoms with E-state index in [2.05, 4.69) is 10.8 Å². The third-order valence-corrected chi connectivity index (χ3v) is 3.94. The number of methoxy groups -OCH3 is 1. The van der Waals surface area contributed by atoms with E-state index in [1.54, 1.807) is 18.4 Å². The van der Waals surface area contributed by atoms with Crippen LogP contribution in [0.15, 0.2) is 11.4 Å². The third kappa shape index (κ3) is 1.65. The maximum atomic E-state index is 5.60. The SMILES string of the molecule is COc1ccsc1C(NN)C1CCC1. The Labute approximate surface area is 88.2 Å². The topological polar surface area (TPSA) is 47.3 Å². The summed E-state index contributed by atoms with van der Waals surface area (Å²) in [5.74, 6) is 7.25. The first-order valence-electron chi connectivity index (χ1n) is 4.94. The molecule has 0 aliphatic heterocycles. The average molecular weight is 212 g/mol. The standard InChI is InChI=1S/C10H16N2OS/c1-13-8-5-6-14-10(8)9(12-11)7-3-2-4-7/h5-7,9,12H,2-4,11H2,1H3. The van der Waals surface area contributed by atoms with Gasteiger partial charge >= 0.3 is 0 Å². The highest BCUT2D eigenvalue weighted by Gasteiger charge is 2.30. The molecule has 1 aromatic rings. The molecule has 0 saturated heterocycles. The van der Waals surface area contributed by atoms with Gasteiger partial charge in [0.25, 0.3) is 0 Å². The molecular weight excluding hydrogens is 196 g/mol. The van der Waals surface area contributed by atoms with Crippen molar-refractivity contribution >= 4 is 11.3 Å². The molecule has 3 N–H and O–H groups in total. The van der Waals surface area contributed by atoms with Gasteiger partial charge in [-0.1, -0.05) is 6.42 Å². The molecule has 78 valence electrons. The number of nitrogens with two attached hydrogens (primary N) is 1. The maximum absolute atomic E-state index is 5.60. The van der Waals surface area contributed by atoms with Crippen LogP contribution in [0.3, 0.4) is 0 Å². The summed E-state index contributed by atoms with van der Waals surface area (Å²) in [7, 11) is 1.71. The highest BCUT2D eigenvalue weighted by molar-refractivity contribution is 7.10. The van der Waals surface area contributed by atoms with Crippen LogP contribution in [0.4, 0.5) is 0 Å². The number of rotatable bonds is 4. The Morgan fingerprint density at radius 2 is 2.43 bits per heavy atom. The van der Waals surface area contributed by atoms with Crippen molar-refractivity contribution < 1.29 is 4.74 Å². The Bertz CT molecular complexity index is 296. The zero-order valence-electron chi connectivity index (χ0n) is 8.32. The molecule has 1 fully saturated rings. The summed E-state index contributed by atoms with van der Waals surface area (Å²) in [6.45, 7) is 0. The Hall–Kier alpha value is -0.580. The van der Waals surface area contributed by atoms with Gasteiger partial charge in [0, 0.05) is 0 Å². The van der Waals surface area contributed by atoms with Crippen LogP contribution in [0.25, 0.3) is 0 Å². The van der Waals surface area contributed by atoms with E-state index in [0.717, 1.165) is 5.75 Å². The Morgan fingerprint density at radius 3 is 2.93 bits per heavy atom. The van der Waals surface area contributed by atoms with Gasteiger partial charge in [0.05, 0.1) is 18.0 Å². The van der Waals surface area contributed by atoms with E-state index in [4.69, 9.17) is 10.6 Å². The first-order valence-corrected chi connectivity index (χ1v) is 5.82. The zero-order valence-corrected chi connectivity index (χ0v) is 9.14. The minimum Gasteiger partial charge on any atom is -0.496 e. The van der Waals surface area contributed by atoms with Crippen molar-refractivity contribution in [1.82, 2.24) is 5.43 Å². The molecule has 1 aliphatic carbocycles. The fourth-order valence-corrected chi connectivity index (χ4v) is 2.92. The minimum atomic E-state index is 0.277. The van der Waals surface area contributed by atoms with E-state index in [1.165, 1.54) is 24.1 Å². The van der Waals surface area contributed by atoms with E-state index in [1.807, 2.05) is 6.07 Å². The zero-order chi connectivity index (χ0) is 9.97. The van der Waals surface area contributed by atoms with Gasteiger partial charge < -0.3 is 4.74 Å². The average Bonchev–Trinajstić information content (AvgIpc) is 2.58. The second-order valence-corrected chi connectivity index (χ2v) is 4.64. The predicted molar refractivity (Wildman–Crippen MR) is 58.3 cm³/mol. The molecule has 2 rings (SSSR count). The van der Waals surface area contributed by atoms with Crippen molar-refractivity contribution in [3.05, 3.63) is 16.3 Å². The number of ether oxygens (including phenoxy) is 1. The van der Waals surface area contributed by atoms with Gasteiger partial charge in [-0.2, -0.15) is 0 Å². The smallest absolute Gasteiger partial charge is 0.134 e. The van der Waals surface area contributed by atoms with Crippen molar-refractivity contribution in [3.8, 4) is 5.75 Å². The van der Waals surface area contributed by atoms with Crippen molar-refractivity contribution in [3.63, 3.8) is 0 Å². The molecule has 1 unspecified atom stereocenters. The third-order valence-electron chi connectivity index (χ3n) is 2.96. The summed E-state index contributed by atoms with van der Waals surface area (Å²) in [5.41, 5.74) is 2.91. The second-order valence-electron chi connectivity index (χ2n) is 3.69. The summed E-state index contributed by atoms with van der Waals surface area (Å²) in [6.07, 6.45) is 3.88. The molecule has 1 saturated carbocycles. The van der Waals surface area contributed by atoms with Crippen LogP contribution in [0.2, 0.25) is 0 Å². The van der Waals surface area contributed by atoms with Gasteiger partial charge in [-0.25, -0.2) is 0 Å². The molecule has 1 aromatic heterocycles. The highest BCUT2D eigenvalue weighted by Crippen LogP contribution is 2.42. The summed E-state index contributed by atoms with van der Waals surface area (Å²) in [4.78, 5) is 1.24. The number of nitrogens with one attached hydrogen (secondary N) is 1. The lowest BCUT2D eigenvalue weighted by molar-refractivity contribution is 0.231. The van der Waals surface area contributed by atoms with E-state index in [9.17, 15) is 0 Å². The number of hydrogen-bond donors (Lipinski definition) is 2.